The maximum atomic E-state index is 5.02. The zero-order chi connectivity index (χ0) is 15.2. The number of nitrogens with zero attached hydrogens (tertiary/aromatic N) is 5. The van der Waals surface area contributed by atoms with Gasteiger partial charge >= 0.3 is 0 Å². The topological polar surface area (TPSA) is 69.8 Å². The first-order valence-electron chi connectivity index (χ1n) is 7.22. The van der Waals surface area contributed by atoms with E-state index >= 15 is 0 Å². The maximum Gasteiger partial charge on any atom is 0.148 e. The van der Waals surface area contributed by atoms with E-state index in [4.69, 9.17) is 4.74 Å². The minimum atomic E-state index is 0.300. The van der Waals surface area contributed by atoms with Crippen LogP contribution < -0.4 is 5.32 Å². The Kier molecular flexibility index (Phi) is 5.46. The van der Waals surface area contributed by atoms with Gasteiger partial charge < -0.3 is 10.1 Å². The molecule has 0 amide bonds. The van der Waals surface area contributed by atoms with Gasteiger partial charge in [-0.25, -0.2) is 9.67 Å². The van der Waals surface area contributed by atoms with Gasteiger partial charge in [-0.15, -0.1) is 0 Å². The zero-order valence-electron chi connectivity index (χ0n) is 13.2. The molecule has 0 saturated carbocycles. The van der Waals surface area contributed by atoms with Gasteiger partial charge in [-0.1, -0.05) is 0 Å². The Bertz CT molecular complexity index is 560. The number of ether oxygens (including phenoxy) is 1. The van der Waals surface area contributed by atoms with Gasteiger partial charge in [-0.3, -0.25) is 4.68 Å². The van der Waals surface area contributed by atoms with Gasteiger partial charge in [0, 0.05) is 37.5 Å². The van der Waals surface area contributed by atoms with E-state index in [0.29, 0.717) is 19.2 Å². The summed E-state index contributed by atoms with van der Waals surface area (Å²) in [4.78, 5) is 4.33. The van der Waals surface area contributed by atoms with Crippen molar-refractivity contribution in [3.05, 3.63) is 29.6 Å². The van der Waals surface area contributed by atoms with Gasteiger partial charge in [0.2, 0.25) is 0 Å². The first kappa shape index (κ1) is 15.7. The van der Waals surface area contributed by atoms with E-state index in [1.807, 2.05) is 15.6 Å². The molecule has 0 atom stereocenters. The summed E-state index contributed by atoms with van der Waals surface area (Å²) in [6, 6.07) is 0.300. The molecule has 0 aliphatic carbocycles. The molecule has 1 N–H and O–H groups in total. The van der Waals surface area contributed by atoms with Crippen LogP contribution in [0, 0.1) is 6.92 Å². The molecule has 0 aliphatic heterocycles. The van der Waals surface area contributed by atoms with Crippen LogP contribution in [0.2, 0.25) is 0 Å². The lowest BCUT2D eigenvalue weighted by molar-refractivity contribution is 0.199. The molecule has 0 aliphatic rings. The summed E-state index contributed by atoms with van der Waals surface area (Å²) in [6.45, 7) is 9.26. The molecule has 21 heavy (non-hydrogen) atoms. The molecule has 2 aromatic heterocycles. The van der Waals surface area contributed by atoms with E-state index in [0.717, 1.165) is 24.6 Å². The summed E-state index contributed by atoms with van der Waals surface area (Å²) in [5.41, 5.74) is 2.35. The third-order valence-electron chi connectivity index (χ3n) is 3.43. The van der Waals surface area contributed by atoms with Crippen LogP contribution in [0.3, 0.4) is 0 Å². The highest BCUT2D eigenvalue weighted by Crippen LogP contribution is 2.11. The number of rotatable bonds is 8. The monoisotopic (exact) mass is 292 g/mol. The van der Waals surface area contributed by atoms with Crippen molar-refractivity contribution in [3.8, 4) is 0 Å². The molecule has 7 nitrogen and oxygen atoms in total. The number of aromatic nitrogens is 5. The fraction of sp³-hybridized carbons (Fsp3) is 0.643. The average molecular weight is 292 g/mol. The van der Waals surface area contributed by atoms with Crippen molar-refractivity contribution in [1.29, 1.82) is 0 Å². The Hall–Kier alpha value is -1.73. The summed E-state index contributed by atoms with van der Waals surface area (Å²) in [7, 11) is 1.70. The molecule has 0 aromatic carbocycles. The van der Waals surface area contributed by atoms with Crippen molar-refractivity contribution in [2.24, 2.45) is 0 Å². The van der Waals surface area contributed by atoms with E-state index in [1.165, 1.54) is 5.56 Å². The zero-order valence-corrected chi connectivity index (χ0v) is 13.2. The highest BCUT2D eigenvalue weighted by molar-refractivity contribution is 5.16. The molecule has 0 unspecified atom stereocenters. The Morgan fingerprint density at radius 2 is 2.14 bits per heavy atom. The third-order valence-corrected chi connectivity index (χ3v) is 3.43. The van der Waals surface area contributed by atoms with Crippen molar-refractivity contribution in [2.45, 2.75) is 39.9 Å². The fourth-order valence-electron chi connectivity index (χ4n) is 2.17. The van der Waals surface area contributed by atoms with Crippen molar-refractivity contribution < 1.29 is 4.74 Å². The standard InChI is InChI=1S/C14H24N6O/c1-11(2)20-14(16-10-18-20)9-19-12(3)13(8-17-19)7-15-5-6-21-4/h8,10-11,15H,5-7,9H2,1-4H3. The first-order valence-corrected chi connectivity index (χ1v) is 7.22. The van der Waals surface area contributed by atoms with E-state index in [1.54, 1.807) is 13.4 Å². The van der Waals surface area contributed by atoms with Gasteiger partial charge in [0.25, 0.3) is 0 Å². The van der Waals surface area contributed by atoms with Crippen LogP contribution >= 0.6 is 0 Å². The smallest absolute Gasteiger partial charge is 0.148 e. The largest absolute Gasteiger partial charge is 0.383 e. The minimum absolute atomic E-state index is 0.300. The normalized spacial score (nSPS) is 11.5. The number of methoxy groups -OCH3 is 1. The number of hydrogen-bond donors (Lipinski definition) is 1. The average Bonchev–Trinajstić information content (AvgIpc) is 3.05. The van der Waals surface area contributed by atoms with E-state index in [-0.39, 0.29) is 0 Å². The van der Waals surface area contributed by atoms with Gasteiger partial charge in [0.05, 0.1) is 12.8 Å². The second-order valence-corrected chi connectivity index (χ2v) is 5.30. The molecule has 2 aromatic rings. The number of hydrogen-bond acceptors (Lipinski definition) is 5. The van der Waals surface area contributed by atoms with Crippen molar-refractivity contribution in [2.75, 3.05) is 20.3 Å². The highest BCUT2D eigenvalue weighted by Gasteiger charge is 2.11. The Morgan fingerprint density at radius 1 is 1.33 bits per heavy atom. The summed E-state index contributed by atoms with van der Waals surface area (Å²) in [5.74, 6) is 0.926. The molecule has 0 bridgehead atoms. The van der Waals surface area contributed by atoms with Crippen LogP contribution in [0.4, 0.5) is 0 Å². The third kappa shape index (κ3) is 3.89. The van der Waals surface area contributed by atoms with E-state index < -0.39 is 0 Å². The molecule has 7 heteroatoms. The lowest BCUT2D eigenvalue weighted by atomic mass is 10.2. The molecule has 116 valence electrons. The molecule has 0 radical (unpaired) electrons. The lowest BCUT2D eigenvalue weighted by Crippen LogP contribution is -2.19. The molecular formula is C14H24N6O. The van der Waals surface area contributed by atoms with Gasteiger partial charge in [-0.05, 0) is 20.8 Å². The van der Waals surface area contributed by atoms with Crippen LogP contribution in [0.25, 0.3) is 0 Å². The molecule has 0 saturated heterocycles. The van der Waals surface area contributed by atoms with E-state index in [2.05, 4.69) is 41.3 Å². The van der Waals surface area contributed by atoms with Gasteiger partial charge in [0.1, 0.15) is 18.7 Å². The Balaban J connectivity index is 2.01. The Morgan fingerprint density at radius 3 is 2.86 bits per heavy atom. The fourth-order valence-corrected chi connectivity index (χ4v) is 2.17. The predicted molar refractivity (Wildman–Crippen MR) is 80.1 cm³/mol. The SMILES string of the molecule is COCCNCc1cnn(Cc2ncnn2C(C)C)c1C. The van der Waals surface area contributed by atoms with Crippen LogP contribution in [0.1, 0.15) is 37.0 Å². The highest BCUT2D eigenvalue weighted by atomic mass is 16.5. The van der Waals surface area contributed by atoms with Crippen molar-refractivity contribution in [1.82, 2.24) is 29.9 Å². The van der Waals surface area contributed by atoms with Gasteiger partial charge in [-0.2, -0.15) is 10.2 Å². The second kappa shape index (κ2) is 7.33. The first-order chi connectivity index (χ1) is 10.1. The van der Waals surface area contributed by atoms with Crippen molar-refractivity contribution in [3.63, 3.8) is 0 Å². The minimum Gasteiger partial charge on any atom is -0.383 e. The molecule has 2 heterocycles. The summed E-state index contributed by atoms with van der Waals surface area (Å²) in [5, 5.41) is 12.0. The van der Waals surface area contributed by atoms with Crippen LogP contribution in [0.5, 0.6) is 0 Å². The quantitative estimate of drug-likeness (QED) is 0.739. The van der Waals surface area contributed by atoms with Gasteiger partial charge in [0.15, 0.2) is 0 Å². The number of nitrogens with one attached hydrogen (secondary N) is 1. The lowest BCUT2D eigenvalue weighted by Gasteiger charge is -2.10. The van der Waals surface area contributed by atoms with Crippen LogP contribution in [0.15, 0.2) is 12.5 Å². The maximum absolute atomic E-state index is 5.02. The van der Waals surface area contributed by atoms with Crippen LogP contribution in [-0.2, 0) is 17.8 Å². The second-order valence-electron chi connectivity index (χ2n) is 5.30. The summed E-state index contributed by atoms with van der Waals surface area (Å²) < 4.78 is 8.92. The molecule has 0 fully saturated rings. The Labute approximate surface area is 125 Å². The molecular weight excluding hydrogens is 268 g/mol. The summed E-state index contributed by atoms with van der Waals surface area (Å²) >= 11 is 0. The van der Waals surface area contributed by atoms with Crippen LogP contribution in [-0.4, -0.2) is 44.8 Å². The predicted octanol–water partition coefficient (Wildman–Crippen LogP) is 1.15. The van der Waals surface area contributed by atoms with Crippen molar-refractivity contribution >= 4 is 0 Å². The van der Waals surface area contributed by atoms with E-state index in [9.17, 15) is 0 Å². The molecule has 2 rings (SSSR count). The summed E-state index contributed by atoms with van der Waals surface area (Å²) in [6.07, 6.45) is 3.51. The molecule has 0 spiro atoms.